The number of benzene rings is 1. The van der Waals surface area contributed by atoms with E-state index in [1.165, 1.54) is 0 Å². The molecule has 0 aliphatic heterocycles. The third kappa shape index (κ3) is 5.02. The molecular formula is C15H20N6O. The summed E-state index contributed by atoms with van der Waals surface area (Å²) in [5.74, 6) is 0.916. The van der Waals surface area contributed by atoms with Crippen LogP contribution in [0.2, 0.25) is 0 Å². The number of anilines is 3. The molecule has 0 spiro atoms. The van der Waals surface area contributed by atoms with E-state index in [9.17, 15) is 4.79 Å². The van der Waals surface area contributed by atoms with Gasteiger partial charge in [0.05, 0.1) is 0 Å². The zero-order valence-electron chi connectivity index (χ0n) is 12.5. The van der Waals surface area contributed by atoms with Gasteiger partial charge in [0, 0.05) is 24.0 Å². The Labute approximate surface area is 129 Å². The molecule has 0 saturated carbocycles. The van der Waals surface area contributed by atoms with Gasteiger partial charge in [0.15, 0.2) is 0 Å². The Balaban J connectivity index is 1.98. The largest absolute Gasteiger partial charge is 0.370 e. The van der Waals surface area contributed by atoms with E-state index in [1.54, 1.807) is 12.1 Å². The van der Waals surface area contributed by atoms with E-state index in [0.29, 0.717) is 18.1 Å². The third-order valence-corrected chi connectivity index (χ3v) is 2.80. The van der Waals surface area contributed by atoms with Crippen molar-refractivity contribution in [3.63, 3.8) is 0 Å². The number of aromatic nitrogens is 2. The molecule has 0 aliphatic rings. The van der Waals surface area contributed by atoms with E-state index < -0.39 is 0 Å². The maximum absolute atomic E-state index is 11.9. The Morgan fingerprint density at radius 1 is 1.18 bits per heavy atom. The highest BCUT2D eigenvalue weighted by molar-refractivity contribution is 5.98. The first kappa shape index (κ1) is 15.7. The van der Waals surface area contributed by atoms with Crippen LogP contribution in [0.5, 0.6) is 0 Å². The number of nitrogens with zero attached hydrogens (tertiary/aromatic N) is 2. The molecule has 0 bridgehead atoms. The second-order valence-electron chi connectivity index (χ2n) is 4.73. The van der Waals surface area contributed by atoms with Gasteiger partial charge in [-0.25, -0.2) is 9.78 Å². The van der Waals surface area contributed by atoms with Crippen molar-refractivity contribution in [1.29, 1.82) is 0 Å². The number of carbonyl (C=O) groups is 1. The van der Waals surface area contributed by atoms with Gasteiger partial charge in [0.1, 0.15) is 5.82 Å². The standard InChI is InChI=1S/C15H20N6O/c1-11-10-13(17-9-5-8-16)20-14(18-11)21-15(22)19-12-6-3-2-4-7-12/h2-4,6-7,10H,5,8-9,16H2,1H3,(H3,17,18,19,20,21,22). The smallest absolute Gasteiger partial charge is 0.326 e. The van der Waals surface area contributed by atoms with Crippen molar-refractivity contribution < 1.29 is 4.79 Å². The van der Waals surface area contributed by atoms with Crippen LogP contribution >= 0.6 is 0 Å². The normalized spacial score (nSPS) is 10.1. The van der Waals surface area contributed by atoms with E-state index >= 15 is 0 Å². The summed E-state index contributed by atoms with van der Waals surface area (Å²) in [6.07, 6.45) is 0.848. The van der Waals surface area contributed by atoms with E-state index in [1.807, 2.05) is 31.2 Å². The molecule has 0 atom stereocenters. The summed E-state index contributed by atoms with van der Waals surface area (Å²) in [5.41, 5.74) is 6.92. The molecule has 1 aromatic carbocycles. The van der Waals surface area contributed by atoms with Crippen LogP contribution in [0.25, 0.3) is 0 Å². The highest BCUT2D eigenvalue weighted by atomic mass is 16.2. The van der Waals surface area contributed by atoms with Gasteiger partial charge >= 0.3 is 6.03 Å². The molecule has 7 heteroatoms. The van der Waals surface area contributed by atoms with Crippen LogP contribution in [0.4, 0.5) is 22.2 Å². The SMILES string of the molecule is Cc1cc(NCCCN)nc(NC(=O)Nc2ccccc2)n1. The zero-order chi connectivity index (χ0) is 15.8. The first-order valence-corrected chi connectivity index (χ1v) is 7.10. The summed E-state index contributed by atoms with van der Waals surface area (Å²) in [7, 11) is 0. The average molecular weight is 300 g/mol. The van der Waals surface area contributed by atoms with Crippen LogP contribution in [-0.2, 0) is 0 Å². The second-order valence-corrected chi connectivity index (χ2v) is 4.73. The number of rotatable bonds is 6. The van der Waals surface area contributed by atoms with Crippen LogP contribution < -0.4 is 21.7 Å². The van der Waals surface area contributed by atoms with E-state index in [4.69, 9.17) is 5.73 Å². The summed E-state index contributed by atoms with van der Waals surface area (Å²) in [5, 5.41) is 8.49. The molecule has 0 radical (unpaired) electrons. The summed E-state index contributed by atoms with van der Waals surface area (Å²) < 4.78 is 0. The minimum atomic E-state index is -0.385. The summed E-state index contributed by atoms with van der Waals surface area (Å²) >= 11 is 0. The van der Waals surface area contributed by atoms with Crippen molar-refractivity contribution >= 4 is 23.5 Å². The van der Waals surface area contributed by atoms with Crippen LogP contribution in [0.3, 0.4) is 0 Å². The fourth-order valence-electron chi connectivity index (χ4n) is 1.82. The minimum Gasteiger partial charge on any atom is -0.370 e. The lowest BCUT2D eigenvalue weighted by molar-refractivity contribution is 0.262. The number of urea groups is 1. The van der Waals surface area contributed by atoms with Crippen LogP contribution in [0, 0.1) is 6.92 Å². The molecule has 1 aromatic heterocycles. The molecule has 0 saturated heterocycles. The molecule has 0 fully saturated rings. The maximum atomic E-state index is 11.9. The van der Waals surface area contributed by atoms with Gasteiger partial charge in [-0.2, -0.15) is 4.98 Å². The molecule has 22 heavy (non-hydrogen) atoms. The molecule has 1 heterocycles. The van der Waals surface area contributed by atoms with E-state index in [2.05, 4.69) is 25.9 Å². The van der Waals surface area contributed by atoms with E-state index in [-0.39, 0.29) is 12.0 Å². The molecule has 7 nitrogen and oxygen atoms in total. The predicted octanol–water partition coefficient (Wildman–Crippen LogP) is 2.19. The third-order valence-electron chi connectivity index (χ3n) is 2.80. The fourth-order valence-corrected chi connectivity index (χ4v) is 1.82. The number of aryl methyl sites for hydroxylation is 1. The van der Waals surface area contributed by atoms with Crippen LogP contribution in [0.1, 0.15) is 12.1 Å². The van der Waals surface area contributed by atoms with Gasteiger partial charge in [-0.05, 0) is 32.0 Å². The Kier molecular flexibility index (Phi) is 5.67. The van der Waals surface area contributed by atoms with Gasteiger partial charge in [-0.1, -0.05) is 18.2 Å². The van der Waals surface area contributed by atoms with Crippen molar-refractivity contribution in [3.05, 3.63) is 42.1 Å². The van der Waals surface area contributed by atoms with Gasteiger partial charge < -0.3 is 16.4 Å². The topological polar surface area (TPSA) is 105 Å². The first-order valence-electron chi connectivity index (χ1n) is 7.10. The van der Waals surface area contributed by atoms with Crippen molar-refractivity contribution in [3.8, 4) is 0 Å². The Morgan fingerprint density at radius 2 is 1.95 bits per heavy atom. The highest BCUT2D eigenvalue weighted by Crippen LogP contribution is 2.11. The minimum absolute atomic E-state index is 0.253. The Morgan fingerprint density at radius 3 is 2.68 bits per heavy atom. The Bertz CT molecular complexity index is 617. The molecule has 0 aliphatic carbocycles. The summed E-state index contributed by atoms with van der Waals surface area (Å²) in [6, 6.07) is 10.6. The number of nitrogens with two attached hydrogens (primary N) is 1. The average Bonchev–Trinajstić information content (AvgIpc) is 2.48. The van der Waals surface area contributed by atoms with Gasteiger partial charge in [-0.15, -0.1) is 0 Å². The van der Waals surface area contributed by atoms with Crippen LogP contribution in [0.15, 0.2) is 36.4 Å². The Hall–Kier alpha value is -2.67. The zero-order valence-corrected chi connectivity index (χ0v) is 12.5. The monoisotopic (exact) mass is 300 g/mol. The lowest BCUT2D eigenvalue weighted by Crippen LogP contribution is -2.21. The molecule has 2 rings (SSSR count). The number of carbonyl (C=O) groups excluding carboxylic acids is 1. The lowest BCUT2D eigenvalue weighted by atomic mass is 10.3. The second kappa shape index (κ2) is 7.94. The van der Waals surface area contributed by atoms with Crippen molar-refractivity contribution in [1.82, 2.24) is 9.97 Å². The molecule has 5 N–H and O–H groups in total. The first-order chi connectivity index (χ1) is 10.7. The summed E-state index contributed by atoms with van der Waals surface area (Å²) in [6.45, 7) is 3.18. The fraction of sp³-hybridized carbons (Fsp3) is 0.267. The molecular weight excluding hydrogens is 280 g/mol. The van der Waals surface area contributed by atoms with Gasteiger partial charge in [0.25, 0.3) is 0 Å². The lowest BCUT2D eigenvalue weighted by Gasteiger charge is -2.09. The number of hydrogen-bond acceptors (Lipinski definition) is 5. The van der Waals surface area contributed by atoms with Crippen molar-refractivity contribution in [2.75, 3.05) is 29.0 Å². The van der Waals surface area contributed by atoms with Crippen LogP contribution in [-0.4, -0.2) is 29.1 Å². The number of nitrogens with one attached hydrogen (secondary N) is 3. The number of amides is 2. The van der Waals surface area contributed by atoms with Crippen molar-refractivity contribution in [2.24, 2.45) is 5.73 Å². The van der Waals surface area contributed by atoms with Gasteiger partial charge in [0.2, 0.25) is 5.95 Å². The number of hydrogen-bond donors (Lipinski definition) is 4. The van der Waals surface area contributed by atoms with Crippen molar-refractivity contribution in [2.45, 2.75) is 13.3 Å². The molecule has 116 valence electrons. The van der Waals surface area contributed by atoms with Gasteiger partial charge in [-0.3, -0.25) is 5.32 Å². The highest BCUT2D eigenvalue weighted by Gasteiger charge is 2.07. The molecule has 0 unspecified atom stereocenters. The van der Waals surface area contributed by atoms with E-state index in [0.717, 1.165) is 18.7 Å². The number of para-hydroxylation sites is 1. The maximum Gasteiger partial charge on any atom is 0.326 e. The molecule has 2 aromatic rings. The quantitative estimate of drug-likeness (QED) is 0.612. The molecule has 2 amide bonds. The predicted molar refractivity (Wildman–Crippen MR) is 88.0 cm³/mol. The summed E-state index contributed by atoms with van der Waals surface area (Å²) in [4.78, 5) is 20.4.